The number of nitrogens with zero attached hydrogens (tertiary/aromatic N) is 4. The van der Waals surface area contributed by atoms with Crippen molar-refractivity contribution in [1.29, 1.82) is 0 Å². The third-order valence-electron chi connectivity index (χ3n) is 7.65. The first-order valence-electron chi connectivity index (χ1n) is 11.5. The maximum atomic E-state index is 14.0. The van der Waals surface area contributed by atoms with E-state index in [9.17, 15) is 42.1 Å². The number of Topliss-reactive ketones (excluding diaryl/α,β-unsaturated/α-hetero) is 1. The lowest BCUT2D eigenvalue weighted by Gasteiger charge is -2.33. The SMILES string of the molecule is O=C(c1ccc(F)c(C(F)(F)F)c1)C1C[N@@]2CC3C(=O)N(c4ccc([N+](=O)O)c5ccccc45)C(=O)[N+]13C2. The maximum absolute atomic E-state index is 14.0. The summed E-state index contributed by atoms with van der Waals surface area (Å²) in [7, 11) is 0. The molecule has 3 aromatic carbocycles. The quantitative estimate of drug-likeness (QED) is 0.180. The van der Waals surface area contributed by atoms with Gasteiger partial charge in [-0.25, -0.2) is 23.8 Å². The second-order valence-electron chi connectivity index (χ2n) is 9.57. The zero-order valence-electron chi connectivity index (χ0n) is 19.4. The number of hydrogen-bond acceptors (Lipinski definition) is 5. The summed E-state index contributed by atoms with van der Waals surface area (Å²) >= 11 is 0. The van der Waals surface area contributed by atoms with E-state index in [-0.39, 0.29) is 41.4 Å². The molecule has 0 aliphatic carbocycles. The fourth-order valence-corrected chi connectivity index (χ4v) is 5.98. The van der Waals surface area contributed by atoms with Crippen LogP contribution in [0.25, 0.3) is 10.8 Å². The summed E-state index contributed by atoms with van der Waals surface area (Å²) in [5, 5.41) is 10.1. The second kappa shape index (κ2) is 7.88. The van der Waals surface area contributed by atoms with Gasteiger partial charge in [0, 0.05) is 17.0 Å². The highest BCUT2D eigenvalue weighted by molar-refractivity contribution is 6.23. The van der Waals surface area contributed by atoms with Gasteiger partial charge in [0.05, 0.1) is 34.6 Å². The van der Waals surface area contributed by atoms with Gasteiger partial charge in [0.2, 0.25) is 5.78 Å². The van der Waals surface area contributed by atoms with Crippen molar-refractivity contribution in [2.24, 2.45) is 0 Å². The number of benzene rings is 3. The Hall–Kier alpha value is -4.23. The van der Waals surface area contributed by atoms with Gasteiger partial charge in [0.1, 0.15) is 12.5 Å². The van der Waals surface area contributed by atoms with Gasteiger partial charge >= 0.3 is 17.9 Å². The number of hydrogen-bond donors (Lipinski definition) is 1. The zero-order chi connectivity index (χ0) is 27.1. The number of halogens is 4. The number of amides is 3. The molecule has 1 N–H and O–H groups in total. The molecule has 3 amide bonds. The molecule has 4 atom stereocenters. The minimum Gasteiger partial charge on any atom is -0.287 e. The average Bonchev–Trinajstić information content (AvgIpc) is 3.51. The van der Waals surface area contributed by atoms with Crippen molar-refractivity contribution in [3.05, 3.63) is 76.4 Å². The summed E-state index contributed by atoms with van der Waals surface area (Å²) in [6.07, 6.45) is -5.02. The smallest absolute Gasteiger partial charge is 0.287 e. The Kier molecular flexibility index (Phi) is 5.01. The Balaban J connectivity index is 1.44. The highest BCUT2D eigenvalue weighted by Gasteiger charge is 2.73. The molecule has 9 nitrogen and oxygen atoms in total. The van der Waals surface area contributed by atoms with E-state index in [0.29, 0.717) is 17.5 Å². The first-order valence-corrected chi connectivity index (χ1v) is 11.5. The van der Waals surface area contributed by atoms with Crippen LogP contribution in [0.4, 0.5) is 33.7 Å². The molecule has 2 bridgehead atoms. The van der Waals surface area contributed by atoms with E-state index in [1.54, 1.807) is 23.1 Å². The number of fused-ring (bicyclic) bond motifs is 2. The Bertz CT molecular complexity index is 1590. The lowest BCUT2D eigenvalue weighted by Crippen LogP contribution is -2.62. The number of carbonyl (C=O) groups excluding carboxylic acids is 3. The molecule has 3 saturated heterocycles. The Morgan fingerprint density at radius 3 is 2.42 bits per heavy atom. The van der Waals surface area contributed by atoms with Crippen molar-refractivity contribution < 1.29 is 46.6 Å². The van der Waals surface area contributed by atoms with E-state index >= 15 is 0 Å². The van der Waals surface area contributed by atoms with Crippen molar-refractivity contribution in [2.75, 3.05) is 24.7 Å². The van der Waals surface area contributed by atoms with Crippen LogP contribution in [0.1, 0.15) is 15.9 Å². The van der Waals surface area contributed by atoms with Gasteiger partial charge < -0.3 is 0 Å². The van der Waals surface area contributed by atoms with Crippen LogP contribution >= 0.6 is 0 Å². The Morgan fingerprint density at radius 2 is 1.74 bits per heavy atom. The van der Waals surface area contributed by atoms with Crippen LogP contribution in [0.2, 0.25) is 0 Å². The zero-order valence-corrected chi connectivity index (χ0v) is 19.4. The highest BCUT2D eigenvalue weighted by atomic mass is 19.4. The van der Waals surface area contributed by atoms with E-state index in [1.807, 2.05) is 0 Å². The van der Waals surface area contributed by atoms with Crippen molar-refractivity contribution in [2.45, 2.75) is 18.3 Å². The van der Waals surface area contributed by atoms with E-state index in [2.05, 4.69) is 0 Å². The molecular formula is C25H18F4N4O5+2. The van der Waals surface area contributed by atoms with Crippen LogP contribution in [-0.2, 0) is 11.0 Å². The molecule has 13 heteroatoms. The summed E-state index contributed by atoms with van der Waals surface area (Å²) < 4.78 is 53.1. The number of carbonyl (C=O) groups is 3. The molecule has 1 spiro atoms. The number of urea groups is 1. The average molecular weight is 530 g/mol. The van der Waals surface area contributed by atoms with Crippen LogP contribution in [0, 0.1) is 10.7 Å². The van der Waals surface area contributed by atoms with Crippen LogP contribution in [0.15, 0.2) is 54.6 Å². The highest BCUT2D eigenvalue weighted by Crippen LogP contribution is 2.46. The molecule has 3 unspecified atom stereocenters. The van der Waals surface area contributed by atoms with Gasteiger partial charge in [0.15, 0.2) is 12.1 Å². The van der Waals surface area contributed by atoms with Gasteiger partial charge in [-0.2, -0.15) is 18.1 Å². The number of imide groups is 1. The van der Waals surface area contributed by atoms with Crippen molar-refractivity contribution in [3.8, 4) is 0 Å². The summed E-state index contributed by atoms with van der Waals surface area (Å²) in [6.45, 7) is 0.218. The van der Waals surface area contributed by atoms with Crippen molar-refractivity contribution >= 4 is 39.9 Å². The second-order valence-corrected chi connectivity index (χ2v) is 9.57. The van der Waals surface area contributed by atoms with Gasteiger partial charge in [-0.05, 0) is 30.3 Å². The summed E-state index contributed by atoms with van der Waals surface area (Å²) in [5.74, 6) is -2.91. The van der Waals surface area contributed by atoms with Crippen LogP contribution in [0.3, 0.4) is 0 Å². The number of piperazine rings is 1. The molecule has 3 aromatic rings. The first-order chi connectivity index (χ1) is 17.9. The summed E-state index contributed by atoms with van der Waals surface area (Å²) in [4.78, 5) is 55.1. The van der Waals surface area contributed by atoms with E-state index in [4.69, 9.17) is 0 Å². The van der Waals surface area contributed by atoms with Crippen LogP contribution in [-0.4, -0.2) is 69.1 Å². The molecular weight excluding hydrogens is 512 g/mol. The third-order valence-corrected chi connectivity index (χ3v) is 7.65. The van der Waals surface area contributed by atoms with Crippen molar-refractivity contribution in [1.82, 2.24) is 4.90 Å². The predicted octanol–water partition coefficient (Wildman–Crippen LogP) is 3.99. The molecule has 0 saturated carbocycles. The number of quaternary nitrogens is 1. The monoisotopic (exact) mass is 530 g/mol. The van der Waals surface area contributed by atoms with E-state index in [1.165, 1.54) is 18.2 Å². The summed E-state index contributed by atoms with van der Waals surface area (Å²) in [6, 6.07) is 7.99. The number of rotatable bonds is 4. The maximum Gasteiger partial charge on any atom is 0.433 e. The lowest BCUT2D eigenvalue weighted by atomic mass is 9.97. The number of anilines is 1. The molecule has 3 aliphatic heterocycles. The van der Waals surface area contributed by atoms with E-state index < -0.39 is 57.4 Å². The lowest BCUT2D eigenvalue weighted by molar-refractivity contribution is -0.852. The molecule has 6 rings (SSSR count). The Morgan fingerprint density at radius 1 is 1.03 bits per heavy atom. The fourth-order valence-electron chi connectivity index (χ4n) is 5.98. The van der Waals surface area contributed by atoms with Gasteiger partial charge in [-0.1, -0.05) is 18.2 Å². The topological polar surface area (TPSA) is 98.0 Å². The first kappa shape index (κ1) is 24.1. The minimum atomic E-state index is -5.02. The third kappa shape index (κ3) is 3.15. The molecule has 38 heavy (non-hydrogen) atoms. The van der Waals surface area contributed by atoms with Gasteiger partial charge in [0.25, 0.3) is 10.8 Å². The minimum absolute atomic E-state index is 0.0104. The van der Waals surface area contributed by atoms with Gasteiger partial charge in [-0.15, -0.1) is 0 Å². The molecule has 3 heterocycles. The standard InChI is InChI=1S/C25H18F4N4O5/c26-17-6-5-13(9-16(17)25(27,28)29)22(34)20-10-30-11-21-23(35)31(24(36)33(20,21)12-30)18-7-8-19(32(37)38)15-4-2-1-3-14(15)18/h1-9,20-21H,10-12H2,(H,37,38)/q+2. The molecule has 194 valence electrons. The van der Waals surface area contributed by atoms with E-state index in [0.717, 1.165) is 11.0 Å². The van der Waals surface area contributed by atoms with Gasteiger partial charge in [-0.3, -0.25) is 9.59 Å². The van der Waals surface area contributed by atoms with Crippen LogP contribution in [0.5, 0.6) is 0 Å². The number of ketones is 1. The molecule has 3 aliphatic rings. The molecule has 0 radical (unpaired) electrons. The van der Waals surface area contributed by atoms with Crippen LogP contribution < -0.4 is 4.90 Å². The molecule has 0 aromatic heterocycles. The largest absolute Gasteiger partial charge is 0.433 e. The number of alkyl halides is 3. The Labute approximate surface area is 211 Å². The summed E-state index contributed by atoms with van der Waals surface area (Å²) in [5.41, 5.74) is -1.95. The predicted molar refractivity (Wildman–Crippen MR) is 122 cm³/mol. The molecule has 3 fully saturated rings. The fraction of sp³-hybridized carbons (Fsp3) is 0.240. The van der Waals surface area contributed by atoms with Crippen molar-refractivity contribution in [3.63, 3.8) is 0 Å². The normalized spacial score (nSPS) is 26.3.